The molecule has 0 N–H and O–H groups in total. The van der Waals surface area contributed by atoms with Crippen molar-refractivity contribution in [2.75, 3.05) is 0 Å². The van der Waals surface area contributed by atoms with E-state index < -0.39 is 0 Å². The van der Waals surface area contributed by atoms with E-state index in [2.05, 4.69) is 44.2 Å². The fraction of sp³-hybridized carbons (Fsp3) is 0.429. The van der Waals surface area contributed by atoms with Gasteiger partial charge in [-0.05, 0) is 31.3 Å². The van der Waals surface area contributed by atoms with Crippen molar-refractivity contribution in [3.05, 3.63) is 53.2 Å². The van der Waals surface area contributed by atoms with Crippen LogP contribution in [0.4, 0.5) is 0 Å². The van der Waals surface area contributed by atoms with Crippen molar-refractivity contribution in [1.82, 2.24) is 9.78 Å². The number of aromatic nitrogens is 2. The van der Waals surface area contributed by atoms with Gasteiger partial charge in [-0.1, -0.05) is 50.3 Å². The zero-order chi connectivity index (χ0) is 17.1. The van der Waals surface area contributed by atoms with Crippen LogP contribution in [-0.2, 0) is 23.7 Å². The van der Waals surface area contributed by atoms with Gasteiger partial charge in [0.25, 0.3) is 0 Å². The number of hydrogen-bond donors (Lipinski definition) is 0. The van der Waals surface area contributed by atoms with Gasteiger partial charge in [0.05, 0.1) is 11.4 Å². The molecule has 0 radical (unpaired) electrons. The molecule has 0 fully saturated rings. The zero-order valence-electron chi connectivity index (χ0n) is 14.8. The van der Waals surface area contributed by atoms with Gasteiger partial charge in [0.2, 0.25) is 0 Å². The van der Waals surface area contributed by atoms with Crippen LogP contribution in [0, 0.1) is 11.8 Å². The van der Waals surface area contributed by atoms with E-state index in [0.717, 1.165) is 18.4 Å². The van der Waals surface area contributed by atoms with Crippen molar-refractivity contribution in [1.29, 1.82) is 0 Å². The van der Waals surface area contributed by atoms with E-state index in [1.807, 2.05) is 24.7 Å². The number of rotatable bonds is 1. The van der Waals surface area contributed by atoms with Gasteiger partial charge >= 0.3 is 0 Å². The molecule has 124 valence electrons. The molecule has 1 aromatic carbocycles. The summed E-state index contributed by atoms with van der Waals surface area (Å²) < 4.78 is 2.03. The summed E-state index contributed by atoms with van der Waals surface area (Å²) in [5.41, 5.74) is 5.71. The maximum atomic E-state index is 12.4. The Morgan fingerprint density at radius 3 is 2.67 bits per heavy atom. The van der Waals surface area contributed by atoms with Crippen molar-refractivity contribution in [3.63, 3.8) is 0 Å². The third-order valence-electron chi connectivity index (χ3n) is 6.10. The van der Waals surface area contributed by atoms with Crippen LogP contribution < -0.4 is 0 Å². The topological polar surface area (TPSA) is 34.9 Å². The van der Waals surface area contributed by atoms with E-state index in [0.29, 0.717) is 11.7 Å². The van der Waals surface area contributed by atoms with Gasteiger partial charge in [-0.15, -0.1) is 0 Å². The molecular weight excluding hydrogens is 296 g/mol. The number of fused-ring (bicyclic) bond motifs is 3. The first-order chi connectivity index (χ1) is 11.4. The van der Waals surface area contributed by atoms with Crippen LogP contribution in [0.3, 0.4) is 0 Å². The van der Waals surface area contributed by atoms with Gasteiger partial charge in [0.15, 0.2) is 5.78 Å². The lowest BCUT2D eigenvalue weighted by Crippen LogP contribution is -2.45. The predicted octanol–water partition coefficient (Wildman–Crippen LogP) is 4.07. The molecular formula is C21H24N2O. The Kier molecular flexibility index (Phi) is 3.31. The monoisotopic (exact) mass is 320 g/mol. The van der Waals surface area contributed by atoms with Gasteiger partial charge in [-0.3, -0.25) is 9.48 Å². The molecule has 1 heterocycles. The first-order valence-corrected chi connectivity index (χ1v) is 8.79. The molecule has 3 nitrogen and oxygen atoms in total. The number of allylic oxidation sites excluding steroid dienone is 2. The van der Waals surface area contributed by atoms with E-state index in [-0.39, 0.29) is 11.3 Å². The van der Waals surface area contributed by atoms with Crippen molar-refractivity contribution < 1.29 is 4.79 Å². The third-order valence-corrected chi connectivity index (χ3v) is 6.10. The lowest BCUT2D eigenvalue weighted by Gasteiger charge is -2.44. The summed E-state index contributed by atoms with van der Waals surface area (Å²) in [5.74, 6) is 0.732. The molecule has 1 aromatic heterocycles. The first-order valence-electron chi connectivity index (χ1n) is 8.79. The summed E-state index contributed by atoms with van der Waals surface area (Å²) in [7, 11) is 2.03. The SMILES string of the molecule is CC1=C[C@]2(C)c3nn(C)c(-c4ccccc4)c3CC[C@H]2[C@H](C)C1=O. The van der Waals surface area contributed by atoms with E-state index >= 15 is 0 Å². The lowest BCUT2D eigenvalue weighted by molar-refractivity contribution is -0.122. The predicted molar refractivity (Wildman–Crippen MR) is 95.7 cm³/mol. The normalized spacial score (nSPS) is 29.0. The first kappa shape index (κ1) is 15.4. The number of nitrogens with zero attached hydrogens (tertiary/aromatic N) is 2. The largest absolute Gasteiger partial charge is 0.294 e. The maximum absolute atomic E-state index is 12.4. The Balaban J connectivity index is 1.93. The highest BCUT2D eigenvalue weighted by atomic mass is 16.1. The fourth-order valence-electron chi connectivity index (χ4n) is 4.98. The Labute approximate surface area is 143 Å². The smallest absolute Gasteiger partial charge is 0.161 e. The Bertz CT molecular complexity index is 846. The molecule has 2 aromatic rings. The van der Waals surface area contributed by atoms with Gasteiger partial charge in [0, 0.05) is 29.5 Å². The molecule has 24 heavy (non-hydrogen) atoms. The number of carbonyl (C=O) groups is 1. The van der Waals surface area contributed by atoms with E-state index in [1.54, 1.807) is 0 Å². The summed E-state index contributed by atoms with van der Waals surface area (Å²) in [5, 5.41) is 4.94. The molecule has 0 amide bonds. The molecule has 0 saturated heterocycles. The summed E-state index contributed by atoms with van der Waals surface area (Å²) in [6.45, 7) is 6.31. The average Bonchev–Trinajstić information content (AvgIpc) is 2.91. The van der Waals surface area contributed by atoms with Gasteiger partial charge < -0.3 is 0 Å². The molecule has 0 bridgehead atoms. The summed E-state index contributed by atoms with van der Waals surface area (Å²) in [6.07, 6.45) is 4.23. The second kappa shape index (κ2) is 5.17. The number of ketones is 1. The fourth-order valence-corrected chi connectivity index (χ4v) is 4.98. The number of Topliss-reactive ketones (excluding diaryl/α,β-unsaturated/α-hetero) is 1. The molecule has 2 aliphatic carbocycles. The Morgan fingerprint density at radius 2 is 1.96 bits per heavy atom. The highest BCUT2D eigenvalue weighted by Gasteiger charge is 2.49. The number of benzene rings is 1. The van der Waals surface area contributed by atoms with Gasteiger partial charge in [-0.25, -0.2) is 0 Å². The van der Waals surface area contributed by atoms with Gasteiger partial charge in [-0.2, -0.15) is 5.10 Å². The maximum Gasteiger partial charge on any atom is 0.161 e. The van der Waals surface area contributed by atoms with E-state index in [9.17, 15) is 4.79 Å². The number of carbonyl (C=O) groups excluding carboxylic acids is 1. The number of aryl methyl sites for hydroxylation is 1. The standard InChI is InChI=1S/C21H24N2O/c1-13-12-21(3)17(14(2)19(13)24)11-10-16-18(23(4)22-20(16)21)15-8-6-5-7-9-15/h5-9,12,14,17H,10-11H2,1-4H3/t14-,17-,21-/m0/s1. The molecule has 0 spiro atoms. The van der Waals surface area contributed by atoms with Crippen LogP contribution in [0.25, 0.3) is 11.3 Å². The van der Waals surface area contributed by atoms with Crippen molar-refractivity contribution in [2.45, 2.75) is 39.0 Å². The van der Waals surface area contributed by atoms with Crippen LogP contribution in [0.1, 0.15) is 38.4 Å². The molecule has 4 rings (SSSR count). The second-order valence-electron chi connectivity index (χ2n) is 7.57. The summed E-state index contributed by atoms with van der Waals surface area (Å²) >= 11 is 0. The van der Waals surface area contributed by atoms with Crippen LogP contribution >= 0.6 is 0 Å². The van der Waals surface area contributed by atoms with Crippen LogP contribution in [0.2, 0.25) is 0 Å². The minimum absolute atomic E-state index is 0.0790. The molecule has 3 heteroatoms. The minimum Gasteiger partial charge on any atom is -0.294 e. The molecule has 0 aliphatic heterocycles. The lowest BCUT2D eigenvalue weighted by atomic mass is 9.58. The number of hydrogen-bond acceptors (Lipinski definition) is 2. The second-order valence-corrected chi connectivity index (χ2v) is 7.57. The molecule has 2 aliphatic rings. The summed E-state index contributed by atoms with van der Waals surface area (Å²) in [4.78, 5) is 12.4. The Morgan fingerprint density at radius 1 is 1.25 bits per heavy atom. The van der Waals surface area contributed by atoms with Crippen molar-refractivity contribution in [2.24, 2.45) is 18.9 Å². The van der Waals surface area contributed by atoms with E-state index in [1.165, 1.54) is 22.5 Å². The van der Waals surface area contributed by atoms with Gasteiger partial charge in [0.1, 0.15) is 0 Å². The average molecular weight is 320 g/mol. The van der Waals surface area contributed by atoms with E-state index in [4.69, 9.17) is 5.10 Å². The highest BCUT2D eigenvalue weighted by Crippen LogP contribution is 2.50. The van der Waals surface area contributed by atoms with Crippen LogP contribution in [0.15, 0.2) is 42.0 Å². The molecule has 0 saturated carbocycles. The Hall–Kier alpha value is -2.16. The highest BCUT2D eigenvalue weighted by molar-refractivity contribution is 5.98. The summed E-state index contributed by atoms with van der Waals surface area (Å²) in [6, 6.07) is 10.5. The zero-order valence-corrected chi connectivity index (χ0v) is 14.8. The van der Waals surface area contributed by atoms with Crippen LogP contribution in [-0.4, -0.2) is 15.6 Å². The van der Waals surface area contributed by atoms with Crippen molar-refractivity contribution >= 4 is 5.78 Å². The minimum atomic E-state index is -0.143. The third kappa shape index (κ3) is 1.97. The van der Waals surface area contributed by atoms with Crippen LogP contribution in [0.5, 0.6) is 0 Å². The molecule has 3 atom stereocenters. The van der Waals surface area contributed by atoms with Crippen molar-refractivity contribution in [3.8, 4) is 11.3 Å². The quantitative estimate of drug-likeness (QED) is 0.794. The molecule has 0 unspecified atom stereocenters.